The number of hydrogen-bond acceptors (Lipinski definition) is 4. The molecule has 0 spiro atoms. The van der Waals surface area contributed by atoms with Crippen molar-refractivity contribution in [1.82, 2.24) is 4.98 Å². The standard InChI is InChI=1S/C31H31N2O.C15H28O2.Ir/c1-20(2)13-26-16-24-15-25(19-32-30(24)34-26)21-11-12-33(6)29(18-21)23-14-22-9-7-8-10-27(22)28(17-23)31(3,4)5;1-7-14(5,8-2)12(16)11-13(17)15(6,9-3)10-4;/h7-12,15-20H,6,13H2,1-5H3;11,16H,7-10H2,1-6H3;/q-1;;/b;12-11-;. The number of benzene rings is 2. The van der Waals surface area contributed by atoms with Gasteiger partial charge in [0.25, 0.3) is 0 Å². The van der Waals surface area contributed by atoms with Crippen molar-refractivity contribution in [2.75, 3.05) is 0 Å². The van der Waals surface area contributed by atoms with Gasteiger partial charge in [0.15, 0.2) is 5.78 Å². The van der Waals surface area contributed by atoms with Crippen molar-refractivity contribution in [1.29, 1.82) is 0 Å². The summed E-state index contributed by atoms with van der Waals surface area (Å²) in [5.74, 6) is 1.81. The number of furan rings is 1. The van der Waals surface area contributed by atoms with Gasteiger partial charge in [-0.05, 0) is 72.4 Å². The van der Waals surface area contributed by atoms with Crippen LogP contribution in [0, 0.1) is 29.9 Å². The molecule has 0 saturated carbocycles. The van der Waals surface area contributed by atoms with Crippen molar-refractivity contribution in [3.63, 3.8) is 0 Å². The molecule has 3 heterocycles. The first kappa shape index (κ1) is 42.7. The zero-order valence-electron chi connectivity index (χ0n) is 33.2. The van der Waals surface area contributed by atoms with E-state index in [1.807, 2.05) is 58.5 Å². The zero-order chi connectivity index (χ0) is 37.7. The Hall–Kier alpha value is -3.73. The van der Waals surface area contributed by atoms with Crippen LogP contribution in [-0.4, -0.2) is 15.9 Å². The van der Waals surface area contributed by atoms with Gasteiger partial charge in [-0.1, -0.05) is 105 Å². The van der Waals surface area contributed by atoms with Gasteiger partial charge in [0.1, 0.15) is 17.2 Å². The number of aliphatic hydroxyl groups excluding tert-OH is 1. The Balaban J connectivity index is 0.000000347. The van der Waals surface area contributed by atoms with Gasteiger partial charge in [0, 0.05) is 62.1 Å². The summed E-state index contributed by atoms with van der Waals surface area (Å²) in [5.41, 5.74) is 5.61. The summed E-state index contributed by atoms with van der Waals surface area (Å²) in [6.07, 6.45) is 9.57. The predicted molar refractivity (Wildman–Crippen MR) is 213 cm³/mol. The number of carbonyl (C=O) groups excluding carboxylic acids is 1. The van der Waals surface area contributed by atoms with Crippen LogP contribution in [0.1, 0.15) is 113 Å². The molecule has 0 aliphatic carbocycles. The first-order chi connectivity index (χ1) is 24.0. The normalized spacial score (nSPS) is 12.5. The number of carbonyl (C=O) groups is 1. The topological polar surface area (TPSA) is 67.2 Å². The van der Waals surface area contributed by atoms with Crippen molar-refractivity contribution < 1.29 is 39.0 Å². The second-order valence-corrected chi connectivity index (χ2v) is 16.0. The minimum atomic E-state index is -0.337. The number of ketones is 1. The number of fused-ring (bicyclic) bond motifs is 2. The molecule has 5 nitrogen and oxygen atoms in total. The smallest absolute Gasteiger partial charge is 0.226 e. The number of pyridine rings is 2. The second kappa shape index (κ2) is 17.4. The maximum Gasteiger partial charge on any atom is 0.226 e. The molecule has 3 aromatic heterocycles. The van der Waals surface area contributed by atoms with Crippen LogP contribution in [0.15, 0.2) is 83.2 Å². The summed E-state index contributed by atoms with van der Waals surface area (Å²) in [7, 11) is 4.25. The van der Waals surface area contributed by atoms with Crippen LogP contribution in [0.25, 0.3) is 44.3 Å². The van der Waals surface area contributed by atoms with Crippen LogP contribution in [0.5, 0.6) is 0 Å². The molecule has 6 heteroatoms. The van der Waals surface area contributed by atoms with Crippen molar-refractivity contribution in [2.45, 2.75) is 114 Å². The molecule has 0 bridgehead atoms. The number of rotatable bonds is 11. The molecule has 1 radical (unpaired) electrons. The Morgan fingerprint density at radius 1 is 0.923 bits per heavy atom. The first-order valence-corrected chi connectivity index (χ1v) is 18.6. The number of allylic oxidation sites excluding steroid dienone is 2. The molecule has 281 valence electrons. The Morgan fingerprint density at radius 3 is 2.15 bits per heavy atom. The molecule has 1 N–H and O–H groups in total. The SMILES string of the molecule is CCC(C)(CC)C(=O)/C=C(\O)C(C)(CC)CC.[CH2-][n+]1ccc(-c2cnc3oc(CC(C)C)cc3c2)cc1-c1[c-]c2ccccc2c(C(C)(C)C)c1.[Ir]. The average Bonchev–Trinajstić information content (AvgIpc) is 3.51. The van der Waals surface area contributed by atoms with Gasteiger partial charge in [0.2, 0.25) is 5.71 Å². The maximum absolute atomic E-state index is 12.2. The molecule has 0 atom stereocenters. The fraction of sp³-hybridized carbons (Fsp3) is 0.435. The Kier molecular flexibility index (Phi) is 14.3. The summed E-state index contributed by atoms with van der Waals surface area (Å²) in [4.78, 5) is 16.8. The third-order valence-electron chi connectivity index (χ3n) is 10.9. The Bertz CT molecular complexity index is 2010. The first-order valence-electron chi connectivity index (χ1n) is 18.6. The van der Waals surface area contributed by atoms with Crippen LogP contribution >= 0.6 is 0 Å². The quantitative estimate of drug-likeness (QED) is 0.0621. The molecule has 5 rings (SSSR count). The van der Waals surface area contributed by atoms with Crippen LogP contribution in [0.3, 0.4) is 0 Å². The van der Waals surface area contributed by atoms with Gasteiger partial charge < -0.3 is 14.1 Å². The molecule has 0 unspecified atom stereocenters. The van der Waals surface area contributed by atoms with E-state index < -0.39 is 0 Å². The number of aromatic nitrogens is 2. The summed E-state index contributed by atoms with van der Waals surface area (Å²) in [5, 5.41) is 13.5. The van der Waals surface area contributed by atoms with E-state index >= 15 is 0 Å². The van der Waals surface area contributed by atoms with Crippen LogP contribution in [0.2, 0.25) is 0 Å². The molecule has 0 fully saturated rings. The van der Waals surface area contributed by atoms with E-state index in [2.05, 4.69) is 107 Å². The maximum atomic E-state index is 12.2. The van der Waals surface area contributed by atoms with Crippen LogP contribution in [-0.2, 0) is 36.7 Å². The van der Waals surface area contributed by atoms with Gasteiger partial charge >= 0.3 is 0 Å². The van der Waals surface area contributed by atoms with Crippen molar-refractivity contribution in [3.8, 4) is 22.4 Å². The predicted octanol–water partition coefficient (Wildman–Crippen LogP) is 12.2. The number of hydrogen-bond donors (Lipinski definition) is 1. The number of aliphatic hydroxyl groups is 1. The van der Waals surface area contributed by atoms with E-state index in [9.17, 15) is 9.90 Å². The van der Waals surface area contributed by atoms with Gasteiger partial charge in [-0.25, -0.2) is 4.98 Å². The van der Waals surface area contributed by atoms with E-state index in [4.69, 9.17) is 4.42 Å². The molecular weight excluding hydrogens is 821 g/mol. The average molecular weight is 880 g/mol. The fourth-order valence-corrected chi connectivity index (χ4v) is 6.26. The van der Waals surface area contributed by atoms with Crippen LogP contribution in [0.4, 0.5) is 0 Å². The molecule has 0 amide bonds. The van der Waals surface area contributed by atoms with Crippen LogP contribution < -0.4 is 4.57 Å². The molecule has 0 aliphatic rings. The van der Waals surface area contributed by atoms with Crippen molar-refractivity contribution in [2.24, 2.45) is 16.7 Å². The third kappa shape index (κ3) is 9.62. The van der Waals surface area contributed by atoms with E-state index in [1.54, 1.807) is 0 Å². The van der Waals surface area contributed by atoms with Gasteiger partial charge in [-0.3, -0.25) is 4.79 Å². The number of nitrogens with zero attached hydrogens (tertiary/aromatic N) is 2. The van der Waals surface area contributed by atoms with E-state index in [1.165, 1.54) is 17.0 Å². The van der Waals surface area contributed by atoms with Gasteiger partial charge in [-0.15, -0.1) is 29.1 Å². The monoisotopic (exact) mass is 880 g/mol. The molecule has 2 aromatic carbocycles. The molecular formula is C46H59IrN2O3-. The molecule has 0 aliphatic heterocycles. The van der Waals surface area contributed by atoms with E-state index in [0.717, 1.165) is 71.0 Å². The third-order valence-corrected chi connectivity index (χ3v) is 10.9. The largest absolute Gasteiger partial charge is 0.512 e. The second-order valence-electron chi connectivity index (χ2n) is 16.0. The van der Waals surface area contributed by atoms with Gasteiger partial charge in [0.05, 0.1) is 6.20 Å². The summed E-state index contributed by atoms with van der Waals surface area (Å²) in [6, 6.07) is 22.9. The Morgan fingerprint density at radius 2 is 1.56 bits per heavy atom. The van der Waals surface area contributed by atoms with Gasteiger partial charge in [-0.2, -0.15) is 0 Å². The molecule has 5 aromatic rings. The van der Waals surface area contributed by atoms with Crippen molar-refractivity contribution in [3.05, 3.63) is 103 Å². The minimum absolute atomic E-state index is 0. The Labute approximate surface area is 326 Å². The minimum Gasteiger partial charge on any atom is -0.512 e. The molecule has 0 saturated heterocycles. The summed E-state index contributed by atoms with van der Waals surface area (Å²) in [6.45, 7) is 23.2. The fourth-order valence-electron chi connectivity index (χ4n) is 6.26. The summed E-state index contributed by atoms with van der Waals surface area (Å²) < 4.78 is 7.86. The van der Waals surface area contributed by atoms with Crippen molar-refractivity contribution >= 4 is 27.7 Å². The summed E-state index contributed by atoms with van der Waals surface area (Å²) >= 11 is 0. The van der Waals surface area contributed by atoms with E-state index in [-0.39, 0.29) is 47.9 Å². The van der Waals surface area contributed by atoms with E-state index in [0.29, 0.717) is 11.6 Å². The zero-order valence-corrected chi connectivity index (χ0v) is 35.6. The molecule has 52 heavy (non-hydrogen) atoms.